The second-order valence-electron chi connectivity index (χ2n) is 6.81. The van der Waals surface area contributed by atoms with Crippen molar-refractivity contribution in [2.75, 3.05) is 25.5 Å². The Balaban J connectivity index is 1.74. The highest BCUT2D eigenvalue weighted by Crippen LogP contribution is 2.33. The summed E-state index contributed by atoms with van der Waals surface area (Å²) in [6.45, 7) is 1.47. The van der Waals surface area contributed by atoms with Gasteiger partial charge in [-0.3, -0.25) is 4.98 Å². The van der Waals surface area contributed by atoms with E-state index in [2.05, 4.69) is 23.5 Å². The molecule has 0 saturated carbocycles. The molecule has 0 aliphatic rings. The molecule has 0 unspecified atom stereocenters. The average molecular weight is 384 g/mol. The molecular formula is C24H24N4O. The lowest BCUT2D eigenvalue weighted by molar-refractivity contribution is 0.415. The highest BCUT2D eigenvalue weighted by Gasteiger charge is 2.10. The van der Waals surface area contributed by atoms with E-state index in [1.807, 2.05) is 54.7 Å². The van der Waals surface area contributed by atoms with E-state index in [9.17, 15) is 0 Å². The Labute approximate surface area is 170 Å². The summed E-state index contributed by atoms with van der Waals surface area (Å²) in [6, 6.07) is 22.4. The number of hydrogen-bond acceptors (Lipinski definition) is 5. The highest BCUT2D eigenvalue weighted by molar-refractivity contribution is 5.88. The molecule has 5 nitrogen and oxygen atoms in total. The number of ether oxygens (including phenoxy) is 1. The molecular weight excluding hydrogens is 360 g/mol. The molecule has 146 valence electrons. The molecule has 0 radical (unpaired) electrons. The SMILES string of the molecule is COc1cccc(-c2ccccc2-c2cc3nc(NCCCN)ccc3cn2)c1. The number of benzene rings is 2. The monoisotopic (exact) mass is 384 g/mol. The minimum atomic E-state index is 0.662. The molecule has 0 bridgehead atoms. The van der Waals surface area contributed by atoms with Crippen molar-refractivity contribution in [2.24, 2.45) is 5.73 Å². The largest absolute Gasteiger partial charge is 0.497 e. The van der Waals surface area contributed by atoms with E-state index in [1.165, 1.54) is 0 Å². The lowest BCUT2D eigenvalue weighted by Gasteiger charge is -2.11. The normalized spacial score (nSPS) is 10.8. The predicted octanol–water partition coefficient (Wildman–Crippen LogP) is 4.73. The van der Waals surface area contributed by atoms with Gasteiger partial charge in [0.05, 0.1) is 18.3 Å². The van der Waals surface area contributed by atoms with Gasteiger partial charge in [0.2, 0.25) is 0 Å². The fourth-order valence-electron chi connectivity index (χ4n) is 3.33. The number of hydrogen-bond donors (Lipinski definition) is 2. The van der Waals surface area contributed by atoms with Gasteiger partial charge < -0.3 is 15.8 Å². The first-order valence-corrected chi connectivity index (χ1v) is 9.73. The Morgan fingerprint density at radius 2 is 1.83 bits per heavy atom. The molecule has 4 aromatic rings. The fraction of sp³-hybridized carbons (Fsp3) is 0.167. The van der Waals surface area contributed by atoms with Crippen LogP contribution >= 0.6 is 0 Å². The van der Waals surface area contributed by atoms with Crippen LogP contribution in [0.5, 0.6) is 5.75 Å². The Morgan fingerprint density at radius 1 is 0.966 bits per heavy atom. The van der Waals surface area contributed by atoms with Crippen LogP contribution in [0.2, 0.25) is 0 Å². The van der Waals surface area contributed by atoms with Gasteiger partial charge >= 0.3 is 0 Å². The number of nitrogens with two attached hydrogens (primary N) is 1. The topological polar surface area (TPSA) is 73.1 Å². The Hall–Kier alpha value is -3.44. The first kappa shape index (κ1) is 18.9. The Bertz CT molecular complexity index is 1130. The number of fused-ring (bicyclic) bond motifs is 1. The second-order valence-corrected chi connectivity index (χ2v) is 6.81. The van der Waals surface area contributed by atoms with E-state index in [0.717, 1.165) is 57.8 Å². The standard InChI is InChI=1S/C24H24N4O/c1-29-19-7-4-6-17(14-19)20-8-2-3-9-21(20)23-15-22-18(16-27-23)10-11-24(28-22)26-13-5-12-25/h2-4,6-11,14-16H,5,12-13,25H2,1H3,(H,26,28). The molecule has 2 heterocycles. The minimum absolute atomic E-state index is 0.662. The van der Waals surface area contributed by atoms with Crippen LogP contribution in [0.1, 0.15) is 6.42 Å². The maximum atomic E-state index is 5.57. The van der Waals surface area contributed by atoms with Crippen LogP contribution < -0.4 is 15.8 Å². The van der Waals surface area contributed by atoms with Gasteiger partial charge in [-0.25, -0.2) is 4.98 Å². The van der Waals surface area contributed by atoms with Gasteiger partial charge in [0.25, 0.3) is 0 Å². The van der Waals surface area contributed by atoms with Crippen molar-refractivity contribution in [1.29, 1.82) is 0 Å². The second kappa shape index (κ2) is 8.71. The summed E-state index contributed by atoms with van der Waals surface area (Å²) in [7, 11) is 1.68. The van der Waals surface area contributed by atoms with Crippen LogP contribution in [0, 0.1) is 0 Å². The molecule has 0 aliphatic carbocycles. The van der Waals surface area contributed by atoms with Crippen molar-refractivity contribution in [1.82, 2.24) is 9.97 Å². The number of nitrogens with zero attached hydrogens (tertiary/aromatic N) is 2. The number of aromatic nitrogens is 2. The van der Waals surface area contributed by atoms with Crippen molar-refractivity contribution >= 4 is 16.7 Å². The third kappa shape index (κ3) is 4.20. The van der Waals surface area contributed by atoms with Crippen molar-refractivity contribution < 1.29 is 4.74 Å². The molecule has 0 atom stereocenters. The summed E-state index contributed by atoms with van der Waals surface area (Å²) in [5, 5.41) is 4.33. The molecule has 3 N–H and O–H groups in total. The van der Waals surface area contributed by atoms with Gasteiger partial charge in [0.15, 0.2) is 0 Å². The lowest BCUT2D eigenvalue weighted by Crippen LogP contribution is -2.09. The molecule has 0 saturated heterocycles. The maximum absolute atomic E-state index is 5.57. The average Bonchev–Trinajstić information content (AvgIpc) is 2.79. The van der Waals surface area contributed by atoms with Gasteiger partial charge in [0, 0.05) is 23.7 Å². The smallest absolute Gasteiger partial charge is 0.126 e. The Kier molecular flexibility index (Phi) is 5.68. The van der Waals surface area contributed by atoms with Crippen LogP contribution in [-0.2, 0) is 0 Å². The number of pyridine rings is 2. The van der Waals surface area contributed by atoms with Crippen LogP contribution in [0.3, 0.4) is 0 Å². The predicted molar refractivity (Wildman–Crippen MR) is 119 cm³/mol. The van der Waals surface area contributed by atoms with Crippen molar-refractivity contribution in [2.45, 2.75) is 6.42 Å². The fourth-order valence-corrected chi connectivity index (χ4v) is 3.33. The van der Waals surface area contributed by atoms with Gasteiger partial charge in [-0.05, 0) is 54.4 Å². The van der Waals surface area contributed by atoms with Gasteiger partial charge in [-0.15, -0.1) is 0 Å². The molecule has 5 heteroatoms. The van der Waals surface area contributed by atoms with Crippen LogP contribution in [0.25, 0.3) is 33.3 Å². The summed E-state index contributed by atoms with van der Waals surface area (Å²) < 4.78 is 5.39. The van der Waals surface area contributed by atoms with Crippen LogP contribution in [-0.4, -0.2) is 30.2 Å². The minimum Gasteiger partial charge on any atom is -0.497 e. The van der Waals surface area contributed by atoms with E-state index < -0.39 is 0 Å². The third-order valence-electron chi connectivity index (χ3n) is 4.84. The third-order valence-corrected chi connectivity index (χ3v) is 4.84. The van der Waals surface area contributed by atoms with Gasteiger partial charge in [0.1, 0.15) is 11.6 Å². The highest BCUT2D eigenvalue weighted by atomic mass is 16.5. The summed E-state index contributed by atoms with van der Waals surface area (Å²) >= 11 is 0. The molecule has 2 aromatic carbocycles. The molecule has 4 rings (SSSR count). The number of nitrogens with one attached hydrogen (secondary N) is 1. The van der Waals surface area contributed by atoms with Crippen molar-refractivity contribution in [3.8, 4) is 28.1 Å². The number of anilines is 1. The molecule has 0 aliphatic heterocycles. The van der Waals surface area contributed by atoms with E-state index in [4.69, 9.17) is 20.4 Å². The van der Waals surface area contributed by atoms with E-state index >= 15 is 0 Å². The number of methoxy groups -OCH3 is 1. The first-order valence-electron chi connectivity index (χ1n) is 9.73. The first-order chi connectivity index (χ1) is 14.3. The van der Waals surface area contributed by atoms with Crippen LogP contribution in [0.4, 0.5) is 5.82 Å². The quantitative estimate of drug-likeness (QED) is 0.451. The summed E-state index contributed by atoms with van der Waals surface area (Å²) in [5.41, 5.74) is 10.6. The lowest BCUT2D eigenvalue weighted by atomic mass is 9.97. The van der Waals surface area contributed by atoms with Crippen molar-refractivity contribution in [3.63, 3.8) is 0 Å². The summed E-state index contributed by atoms with van der Waals surface area (Å²) in [5.74, 6) is 1.68. The van der Waals surface area contributed by atoms with E-state index in [1.54, 1.807) is 7.11 Å². The van der Waals surface area contributed by atoms with E-state index in [0.29, 0.717) is 6.54 Å². The van der Waals surface area contributed by atoms with E-state index in [-0.39, 0.29) is 0 Å². The Morgan fingerprint density at radius 3 is 2.66 bits per heavy atom. The van der Waals surface area contributed by atoms with Gasteiger partial charge in [-0.1, -0.05) is 36.4 Å². The zero-order valence-corrected chi connectivity index (χ0v) is 16.4. The summed E-state index contributed by atoms with van der Waals surface area (Å²) in [6.07, 6.45) is 2.79. The molecule has 0 spiro atoms. The number of rotatable bonds is 7. The van der Waals surface area contributed by atoms with Crippen LogP contribution in [0.15, 0.2) is 72.9 Å². The zero-order chi connectivity index (χ0) is 20.1. The van der Waals surface area contributed by atoms with Gasteiger partial charge in [-0.2, -0.15) is 0 Å². The zero-order valence-electron chi connectivity index (χ0n) is 16.4. The molecule has 29 heavy (non-hydrogen) atoms. The maximum Gasteiger partial charge on any atom is 0.126 e. The molecule has 0 fully saturated rings. The van der Waals surface area contributed by atoms with Crippen molar-refractivity contribution in [3.05, 3.63) is 72.9 Å². The summed E-state index contributed by atoms with van der Waals surface area (Å²) in [4.78, 5) is 9.45. The molecule has 0 amide bonds. The molecule has 2 aromatic heterocycles.